The first-order valence-electron chi connectivity index (χ1n) is 15.0. The number of hydrogen-bond donors (Lipinski definition) is 2. The zero-order valence-electron chi connectivity index (χ0n) is 24.5. The molecule has 2 aromatic carbocycles. The predicted octanol–water partition coefficient (Wildman–Crippen LogP) is 5.42. The van der Waals surface area contributed by atoms with Crippen LogP contribution < -0.4 is 10.2 Å². The van der Waals surface area contributed by atoms with Crippen LogP contribution in [-0.4, -0.2) is 56.2 Å². The number of carbonyl (C=O) groups is 1. The van der Waals surface area contributed by atoms with Crippen molar-refractivity contribution < 1.29 is 9.53 Å². The second-order valence-corrected chi connectivity index (χ2v) is 11.4. The molecule has 5 aromatic rings. The Bertz CT molecular complexity index is 1870. The number of allylic oxidation sites excluding steroid dienone is 1. The second kappa shape index (κ2) is 11.4. The molecule has 1 amide bonds. The number of benzene rings is 2. The molecule has 0 radical (unpaired) electrons. The van der Waals surface area contributed by atoms with E-state index in [-0.39, 0.29) is 17.9 Å². The monoisotopic (exact) mass is 573 g/mol. The van der Waals surface area contributed by atoms with Gasteiger partial charge in [-0.1, -0.05) is 55.0 Å². The Hall–Kier alpha value is -4.92. The maximum Gasteiger partial charge on any atom is 0.254 e. The van der Waals surface area contributed by atoms with Crippen molar-refractivity contribution in [2.75, 3.05) is 24.6 Å². The summed E-state index contributed by atoms with van der Waals surface area (Å²) in [6, 6.07) is 18.7. The van der Waals surface area contributed by atoms with Crippen molar-refractivity contribution in [2.24, 2.45) is 0 Å². The zero-order valence-corrected chi connectivity index (χ0v) is 24.5. The van der Waals surface area contributed by atoms with Gasteiger partial charge in [-0.15, -0.1) is 0 Å². The topological polar surface area (TPSA) is 100 Å². The van der Waals surface area contributed by atoms with Crippen LogP contribution in [0, 0.1) is 0 Å². The molecule has 0 bridgehead atoms. The second-order valence-electron chi connectivity index (χ2n) is 11.4. The molecule has 0 spiro atoms. The number of aromatic nitrogens is 5. The van der Waals surface area contributed by atoms with E-state index in [1.165, 1.54) is 17.3 Å². The van der Waals surface area contributed by atoms with Gasteiger partial charge >= 0.3 is 0 Å². The van der Waals surface area contributed by atoms with Gasteiger partial charge < -0.3 is 19.9 Å². The van der Waals surface area contributed by atoms with E-state index in [0.29, 0.717) is 24.5 Å². The number of carbonyl (C=O) groups excluding carboxylic acids is 1. The van der Waals surface area contributed by atoms with Gasteiger partial charge in [0.15, 0.2) is 0 Å². The quantitative estimate of drug-likeness (QED) is 0.257. The van der Waals surface area contributed by atoms with E-state index in [9.17, 15) is 4.79 Å². The summed E-state index contributed by atoms with van der Waals surface area (Å²) in [7, 11) is 0. The van der Waals surface area contributed by atoms with Gasteiger partial charge in [0, 0.05) is 53.4 Å². The van der Waals surface area contributed by atoms with E-state index in [4.69, 9.17) is 4.74 Å². The molecule has 4 heterocycles. The van der Waals surface area contributed by atoms with Crippen molar-refractivity contribution in [1.29, 1.82) is 0 Å². The molecule has 9 nitrogen and oxygen atoms in total. The lowest BCUT2D eigenvalue weighted by atomic mass is 9.89. The molecule has 2 unspecified atom stereocenters. The van der Waals surface area contributed by atoms with Crippen LogP contribution in [0.1, 0.15) is 49.3 Å². The highest BCUT2D eigenvalue weighted by molar-refractivity contribution is 5.99. The fourth-order valence-electron chi connectivity index (χ4n) is 6.44. The Morgan fingerprint density at radius 1 is 1.12 bits per heavy atom. The number of anilines is 1. The average molecular weight is 574 g/mol. The highest BCUT2D eigenvalue weighted by Crippen LogP contribution is 2.37. The molecule has 7 rings (SSSR count). The first-order chi connectivity index (χ1) is 21.1. The maximum atomic E-state index is 13.7. The number of rotatable bonds is 8. The number of aromatic amines is 1. The summed E-state index contributed by atoms with van der Waals surface area (Å²) in [6.45, 7) is 6.16. The third-order valence-electron chi connectivity index (χ3n) is 8.90. The van der Waals surface area contributed by atoms with E-state index in [2.05, 4.69) is 74.4 Å². The van der Waals surface area contributed by atoms with Gasteiger partial charge in [0.25, 0.3) is 11.7 Å². The van der Waals surface area contributed by atoms with Crippen molar-refractivity contribution in [3.63, 3.8) is 0 Å². The first-order valence-corrected chi connectivity index (χ1v) is 15.0. The van der Waals surface area contributed by atoms with Crippen LogP contribution in [0.3, 0.4) is 0 Å². The number of para-hydroxylation sites is 1. The number of amides is 1. The minimum Gasteiger partial charge on any atom is -0.491 e. The van der Waals surface area contributed by atoms with Crippen molar-refractivity contribution in [3.05, 3.63) is 107 Å². The lowest BCUT2D eigenvalue weighted by molar-refractivity contribution is -0.117. The van der Waals surface area contributed by atoms with Crippen LogP contribution in [0.2, 0.25) is 0 Å². The summed E-state index contributed by atoms with van der Waals surface area (Å²) in [5.41, 5.74) is 6.19. The fraction of sp³-hybridized carbons (Fsp3) is 0.294. The maximum absolute atomic E-state index is 13.7. The number of fused-ring (bicyclic) bond motifs is 3. The fourth-order valence-corrected chi connectivity index (χ4v) is 6.44. The van der Waals surface area contributed by atoms with Gasteiger partial charge in [0.2, 0.25) is 0 Å². The van der Waals surface area contributed by atoms with Crippen molar-refractivity contribution >= 4 is 34.2 Å². The highest BCUT2D eigenvalue weighted by atomic mass is 16.5. The van der Waals surface area contributed by atoms with Crippen LogP contribution in [0.4, 0.5) is 5.82 Å². The van der Waals surface area contributed by atoms with Crippen molar-refractivity contribution in [2.45, 2.75) is 45.1 Å². The van der Waals surface area contributed by atoms with Crippen LogP contribution >= 0.6 is 0 Å². The summed E-state index contributed by atoms with van der Waals surface area (Å²) in [5.74, 6) is 2.27. The van der Waals surface area contributed by atoms with E-state index >= 15 is 0 Å². The Morgan fingerprint density at radius 3 is 2.91 bits per heavy atom. The van der Waals surface area contributed by atoms with Gasteiger partial charge in [-0.05, 0) is 55.5 Å². The smallest absolute Gasteiger partial charge is 0.254 e. The summed E-state index contributed by atoms with van der Waals surface area (Å²) in [4.78, 5) is 27.9. The molecule has 1 fully saturated rings. The van der Waals surface area contributed by atoms with Crippen LogP contribution in [0.15, 0.2) is 90.5 Å². The highest BCUT2D eigenvalue weighted by Gasteiger charge is 2.30. The predicted molar refractivity (Wildman–Crippen MR) is 168 cm³/mol. The Morgan fingerprint density at radius 2 is 1.98 bits per heavy atom. The van der Waals surface area contributed by atoms with Crippen molar-refractivity contribution in [1.82, 2.24) is 29.9 Å². The van der Waals surface area contributed by atoms with E-state index in [0.717, 1.165) is 59.6 Å². The summed E-state index contributed by atoms with van der Waals surface area (Å²) >= 11 is 0. The molecular formula is C34H35N7O2. The summed E-state index contributed by atoms with van der Waals surface area (Å²) in [5, 5.41) is 8.76. The van der Waals surface area contributed by atoms with Crippen molar-refractivity contribution in [3.8, 4) is 0 Å². The zero-order chi connectivity index (χ0) is 29.3. The van der Waals surface area contributed by atoms with E-state index in [1.807, 2.05) is 36.5 Å². The van der Waals surface area contributed by atoms with Gasteiger partial charge in [-0.2, -0.15) is 14.6 Å². The molecular weight excluding hydrogens is 538 g/mol. The minimum absolute atomic E-state index is 0.0725. The number of nitrogens with zero attached hydrogens (tertiary/aromatic N) is 5. The molecule has 2 aliphatic rings. The molecule has 3 aromatic heterocycles. The SMILES string of the molecule is CC1=C(C(=O)NCCc2c[nH]c3ccccc23)C=C(OCC2CCCN2c2ccnc3ncnn23)c2ccccc2C1C. The van der Waals surface area contributed by atoms with Crippen LogP contribution in [0.5, 0.6) is 0 Å². The van der Waals surface area contributed by atoms with Crippen LogP contribution in [0.25, 0.3) is 22.4 Å². The molecule has 2 atom stereocenters. The molecule has 1 aliphatic heterocycles. The molecule has 1 aliphatic carbocycles. The van der Waals surface area contributed by atoms with Gasteiger partial charge in [-0.25, -0.2) is 4.98 Å². The number of nitrogens with one attached hydrogen (secondary N) is 2. The molecule has 0 saturated carbocycles. The van der Waals surface area contributed by atoms with E-state index < -0.39 is 0 Å². The first kappa shape index (κ1) is 26.9. The lowest BCUT2D eigenvalue weighted by Crippen LogP contribution is -2.34. The number of ether oxygens (including phenoxy) is 1. The average Bonchev–Trinajstić information content (AvgIpc) is 3.79. The lowest BCUT2D eigenvalue weighted by Gasteiger charge is -2.27. The normalized spacial score (nSPS) is 18.6. The van der Waals surface area contributed by atoms with E-state index in [1.54, 1.807) is 10.7 Å². The number of hydrogen-bond acceptors (Lipinski definition) is 6. The Kier molecular flexibility index (Phi) is 7.14. The third kappa shape index (κ3) is 5.05. The Labute approximate surface area is 250 Å². The largest absolute Gasteiger partial charge is 0.491 e. The molecule has 218 valence electrons. The Balaban J connectivity index is 1.12. The van der Waals surface area contributed by atoms with Crippen LogP contribution in [-0.2, 0) is 16.0 Å². The third-order valence-corrected chi connectivity index (χ3v) is 8.90. The molecule has 9 heteroatoms. The van der Waals surface area contributed by atoms with Gasteiger partial charge in [0.05, 0.1) is 6.04 Å². The summed E-state index contributed by atoms with van der Waals surface area (Å²) in [6.07, 6.45) is 10.1. The number of H-pyrrole nitrogens is 1. The van der Waals surface area contributed by atoms with Gasteiger partial charge in [-0.3, -0.25) is 4.79 Å². The molecule has 2 N–H and O–H groups in total. The standard InChI is InChI=1S/C34H35N7O2/c1-22-23(2)29(33(42)35-15-13-24-19-37-30-12-6-5-10-27(24)30)18-31(28-11-4-3-9-26(22)28)43-20-25-8-7-17-40(25)32-14-16-36-34-38-21-39-41(32)34/h3-6,9-12,14,16,18-19,21-22,25,37H,7-8,13,15,17,20H2,1-2H3,(H,35,42). The summed E-state index contributed by atoms with van der Waals surface area (Å²) < 4.78 is 8.43. The van der Waals surface area contributed by atoms with Gasteiger partial charge in [0.1, 0.15) is 24.5 Å². The minimum atomic E-state index is -0.0778. The molecule has 1 saturated heterocycles. The molecule has 43 heavy (non-hydrogen) atoms.